The molecular formula is C26H34F3N5O. The number of rotatable bonds is 7. The monoisotopic (exact) mass is 489 g/mol. The van der Waals surface area contributed by atoms with Crippen LogP contribution in [0.15, 0.2) is 42.6 Å². The molecule has 35 heavy (non-hydrogen) atoms. The molecule has 0 bridgehead atoms. The third kappa shape index (κ3) is 7.10. The van der Waals surface area contributed by atoms with E-state index in [1.807, 2.05) is 4.90 Å². The summed E-state index contributed by atoms with van der Waals surface area (Å²) in [6.45, 7) is 8.29. The first-order chi connectivity index (χ1) is 16.8. The highest BCUT2D eigenvalue weighted by Gasteiger charge is 2.32. The Morgan fingerprint density at radius 1 is 1.03 bits per heavy atom. The standard InChI is InChI=1S/C26H34F3N5O/c1-20-4-6-23(7-5-20)33-17-15-32(16-18-33)12-2-3-25(35)34-13-9-21(10-14-34)31-22-8-11-30-24(19-22)26(27,28)29/h4-8,11,19,21H,2-3,9-10,12-18H2,1H3,(H,30,31). The van der Waals surface area contributed by atoms with Gasteiger partial charge in [0, 0.05) is 69.3 Å². The van der Waals surface area contributed by atoms with E-state index in [1.54, 1.807) is 6.07 Å². The molecule has 1 amide bonds. The van der Waals surface area contributed by atoms with Gasteiger partial charge in [-0.25, -0.2) is 0 Å². The Bertz CT molecular complexity index is 966. The van der Waals surface area contributed by atoms with Crippen molar-refractivity contribution < 1.29 is 18.0 Å². The second-order valence-electron chi connectivity index (χ2n) is 9.49. The molecular weight excluding hydrogens is 455 g/mol. The van der Waals surface area contributed by atoms with E-state index < -0.39 is 11.9 Å². The minimum Gasteiger partial charge on any atom is -0.382 e. The molecule has 1 aromatic heterocycles. The molecule has 0 unspecified atom stereocenters. The molecule has 0 saturated carbocycles. The van der Waals surface area contributed by atoms with Gasteiger partial charge < -0.3 is 15.1 Å². The van der Waals surface area contributed by atoms with E-state index in [1.165, 1.54) is 17.4 Å². The molecule has 2 fully saturated rings. The molecule has 2 aliphatic heterocycles. The second-order valence-corrected chi connectivity index (χ2v) is 9.49. The number of nitrogens with one attached hydrogen (secondary N) is 1. The molecule has 0 spiro atoms. The molecule has 190 valence electrons. The van der Waals surface area contributed by atoms with E-state index in [9.17, 15) is 18.0 Å². The van der Waals surface area contributed by atoms with Crippen molar-refractivity contribution in [2.24, 2.45) is 0 Å². The first kappa shape index (κ1) is 25.3. The van der Waals surface area contributed by atoms with Crippen molar-refractivity contribution in [1.29, 1.82) is 0 Å². The van der Waals surface area contributed by atoms with Crippen LogP contribution in [0.25, 0.3) is 0 Å². The number of hydrogen-bond donors (Lipinski definition) is 1. The first-order valence-electron chi connectivity index (χ1n) is 12.4. The first-order valence-corrected chi connectivity index (χ1v) is 12.4. The lowest BCUT2D eigenvalue weighted by molar-refractivity contribution is -0.141. The zero-order valence-electron chi connectivity index (χ0n) is 20.2. The summed E-state index contributed by atoms with van der Waals surface area (Å²) in [5.74, 6) is 0.171. The van der Waals surface area contributed by atoms with Crippen LogP contribution >= 0.6 is 0 Å². The van der Waals surface area contributed by atoms with Crippen LogP contribution in [0.3, 0.4) is 0 Å². The number of aromatic nitrogens is 1. The van der Waals surface area contributed by atoms with Crippen LogP contribution in [0.1, 0.15) is 36.9 Å². The number of nitrogens with zero attached hydrogens (tertiary/aromatic N) is 4. The van der Waals surface area contributed by atoms with Gasteiger partial charge in [0.25, 0.3) is 0 Å². The van der Waals surface area contributed by atoms with E-state index in [-0.39, 0.29) is 11.9 Å². The summed E-state index contributed by atoms with van der Waals surface area (Å²) < 4.78 is 38.6. The Morgan fingerprint density at radius 2 is 1.71 bits per heavy atom. The SMILES string of the molecule is Cc1ccc(N2CCN(CCCC(=O)N3CCC(Nc4ccnc(C(F)(F)F)c4)CC3)CC2)cc1. The largest absolute Gasteiger partial charge is 0.433 e. The van der Waals surface area contributed by atoms with Crippen LogP contribution in [-0.2, 0) is 11.0 Å². The van der Waals surface area contributed by atoms with E-state index >= 15 is 0 Å². The number of piperazine rings is 1. The number of benzene rings is 1. The minimum atomic E-state index is -4.46. The van der Waals surface area contributed by atoms with Crippen LogP contribution in [0.4, 0.5) is 24.5 Å². The van der Waals surface area contributed by atoms with E-state index in [0.717, 1.165) is 58.1 Å². The zero-order chi connectivity index (χ0) is 24.8. The number of hydrogen-bond acceptors (Lipinski definition) is 5. The van der Waals surface area contributed by atoms with Crippen LogP contribution in [0.5, 0.6) is 0 Å². The summed E-state index contributed by atoms with van der Waals surface area (Å²) in [6, 6.07) is 11.3. The fourth-order valence-electron chi connectivity index (χ4n) is 4.78. The highest BCUT2D eigenvalue weighted by molar-refractivity contribution is 5.76. The Balaban J connectivity index is 1.13. The summed E-state index contributed by atoms with van der Waals surface area (Å²) in [7, 11) is 0. The zero-order valence-corrected chi connectivity index (χ0v) is 20.2. The average molecular weight is 490 g/mol. The van der Waals surface area contributed by atoms with Gasteiger partial charge in [0.2, 0.25) is 5.91 Å². The van der Waals surface area contributed by atoms with E-state index in [4.69, 9.17) is 0 Å². The fraction of sp³-hybridized carbons (Fsp3) is 0.538. The third-order valence-electron chi connectivity index (χ3n) is 6.91. The van der Waals surface area contributed by atoms with Gasteiger partial charge >= 0.3 is 6.18 Å². The van der Waals surface area contributed by atoms with Gasteiger partial charge in [-0.05, 0) is 57.0 Å². The Labute approximate surface area is 205 Å². The van der Waals surface area contributed by atoms with Crippen LogP contribution < -0.4 is 10.2 Å². The number of pyridine rings is 1. The molecule has 4 rings (SSSR count). The van der Waals surface area contributed by atoms with Crippen LogP contribution in [-0.4, -0.2) is 72.5 Å². The smallest absolute Gasteiger partial charge is 0.382 e. The molecule has 6 nitrogen and oxygen atoms in total. The van der Waals surface area contributed by atoms with Gasteiger partial charge in [-0.15, -0.1) is 0 Å². The second kappa shape index (κ2) is 11.3. The number of halogens is 3. The Hall–Kier alpha value is -2.81. The quantitative estimate of drug-likeness (QED) is 0.624. The molecule has 3 heterocycles. The molecule has 1 aromatic carbocycles. The maximum absolute atomic E-state index is 12.9. The van der Waals surface area contributed by atoms with E-state index in [2.05, 4.69) is 51.3 Å². The summed E-state index contributed by atoms with van der Waals surface area (Å²) in [4.78, 5) is 22.8. The van der Waals surface area contributed by atoms with Crippen molar-refractivity contribution in [2.75, 3.05) is 56.0 Å². The minimum absolute atomic E-state index is 0.0485. The predicted octanol–water partition coefficient (Wildman–Crippen LogP) is 4.41. The summed E-state index contributed by atoms with van der Waals surface area (Å²) in [6.07, 6.45) is -0.463. The van der Waals surface area contributed by atoms with Gasteiger partial charge in [-0.2, -0.15) is 13.2 Å². The molecule has 2 saturated heterocycles. The van der Waals surface area contributed by atoms with Gasteiger partial charge in [0.1, 0.15) is 5.69 Å². The lowest BCUT2D eigenvalue weighted by Gasteiger charge is -2.36. The molecule has 1 N–H and O–H groups in total. The number of aryl methyl sites for hydroxylation is 1. The molecule has 9 heteroatoms. The lowest BCUT2D eigenvalue weighted by atomic mass is 10.0. The normalized spacial score (nSPS) is 18.1. The van der Waals surface area contributed by atoms with Crippen LogP contribution in [0.2, 0.25) is 0 Å². The lowest BCUT2D eigenvalue weighted by Crippen LogP contribution is -2.47. The van der Waals surface area contributed by atoms with Crippen molar-refractivity contribution in [1.82, 2.24) is 14.8 Å². The highest BCUT2D eigenvalue weighted by Crippen LogP contribution is 2.29. The molecule has 2 aromatic rings. The van der Waals surface area contributed by atoms with Crippen LogP contribution in [0, 0.1) is 6.92 Å². The number of carbonyl (C=O) groups excluding carboxylic acids is 1. The number of alkyl halides is 3. The Kier molecular flexibility index (Phi) is 8.15. The van der Waals surface area contributed by atoms with Crippen molar-refractivity contribution >= 4 is 17.3 Å². The van der Waals surface area contributed by atoms with Gasteiger partial charge in [-0.1, -0.05) is 17.7 Å². The fourth-order valence-corrected chi connectivity index (χ4v) is 4.78. The highest BCUT2D eigenvalue weighted by atomic mass is 19.4. The maximum Gasteiger partial charge on any atom is 0.433 e. The van der Waals surface area contributed by atoms with E-state index in [0.29, 0.717) is 25.2 Å². The molecule has 2 aliphatic rings. The summed E-state index contributed by atoms with van der Waals surface area (Å²) in [5.41, 5.74) is 2.06. The van der Waals surface area contributed by atoms with Crippen molar-refractivity contribution in [3.63, 3.8) is 0 Å². The van der Waals surface area contributed by atoms with Crippen molar-refractivity contribution in [2.45, 2.75) is 44.8 Å². The van der Waals surface area contributed by atoms with Gasteiger partial charge in [0.05, 0.1) is 0 Å². The van der Waals surface area contributed by atoms with Gasteiger partial charge in [-0.3, -0.25) is 14.7 Å². The number of carbonyl (C=O) groups is 1. The average Bonchev–Trinajstić information content (AvgIpc) is 2.85. The Morgan fingerprint density at radius 3 is 2.37 bits per heavy atom. The summed E-state index contributed by atoms with van der Waals surface area (Å²) in [5, 5.41) is 3.17. The predicted molar refractivity (Wildman–Crippen MR) is 132 cm³/mol. The van der Waals surface area contributed by atoms with Crippen molar-refractivity contribution in [3.8, 4) is 0 Å². The number of amides is 1. The van der Waals surface area contributed by atoms with Crippen molar-refractivity contribution in [3.05, 3.63) is 53.9 Å². The number of likely N-dealkylation sites (tertiary alicyclic amines) is 1. The molecule has 0 aliphatic carbocycles. The maximum atomic E-state index is 12.9. The topological polar surface area (TPSA) is 51.7 Å². The molecule has 0 atom stereocenters. The molecule has 0 radical (unpaired) electrons. The number of anilines is 2. The van der Waals surface area contributed by atoms with Gasteiger partial charge in [0.15, 0.2) is 0 Å². The number of piperidine rings is 1. The third-order valence-corrected chi connectivity index (χ3v) is 6.91. The summed E-state index contributed by atoms with van der Waals surface area (Å²) >= 11 is 0.